The molecule has 1 unspecified atom stereocenters. The van der Waals surface area contributed by atoms with Crippen molar-refractivity contribution in [2.24, 2.45) is 0 Å². The van der Waals surface area contributed by atoms with Crippen molar-refractivity contribution in [2.45, 2.75) is 57.2 Å². The molecule has 1 N–H and O–H groups in total. The monoisotopic (exact) mass is 258 g/mol. The van der Waals surface area contributed by atoms with Crippen molar-refractivity contribution in [1.29, 1.82) is 0 Å². The average Bonchev–Trinajstić information content (AvgIpc) is 2.70. The largest absolute Gasteiger partial charge is 0.313 e. The fourth-order valence-electron chi connectivity index (χ4n) is 3.80. The summed E-state index contributed by atoms with van der Waals surface area (Å²) >= 11 is 0. The van der Waals surface area contributed by atoms with Crippen LogP contribution >= 0.6 is 0 Å². The van der Waals surface area contributed by atoms with E-state index in [1.54, 1.807) is 5.56 Å². The number of nitrogens with one attached hydrogen (secondary N) is 1. The van der Waals surface area contributed by atoms with E-state index in [9.17, 15) is 0 Å². The molecule has 2 aliphatic rings. The Labute approximate surface area is 117 Å². The highest BCUT2D eigenvalue weighted by Gasteiger charge is 2.27. The number of rotatable bonds is 2. The lowest BCUT2D eigenvalue weighted by Gasteiger charge is -2.37. The third-order valence-electron chi connectivity index (χ3n) is 4.97. The summed E-state index contributed by atoms with van der Waals surface area (Å²) in [6, 6.07) is 10.4. The lowest BCUT2D eigenvalue weighted by Crippen LogP contribution is -2.37. The quantitative estimate of drug-likeness (QED) is 0.873. The third-order valence-corrected chi connectivity index (χ3v) is 4.97. The van der Waals surface area contributed by atoms with Gasteiger partial charge in [-0.05, 0) is 44.0 Å². The second-order valence-corrected chi connectivity index (χ2v) is 6.14. The molecule has 1 aliphatic heterocycles. The molecule has 0 bridgehead atoms. The predicted molar refractivity (Wildman–Crippen MR) is 80.1 cm³/mol. The van der Waals surface area contributed by atoms with Crippen molar-refractivity contribution in [2.75, 3.05) is 13.6 Å². The van der Waals surface area contributed by atoms with Crippen molar-refractivity contribution in [1.82, 2.24) is 10.2 Å². The minimum Gasteiger partial charge on any atom is -0.313 e. The molecule has 19 heavy (non-hydrogen) atoms. The highest BCUT2D eigenvalue weighted by Crippen LogP contribution is 2.33. The lowest BCUT2D eigenvalue weighted by molar-refractivity contribution is 0.132. The van der Waals surface area contributed by atoms with E-state index in [4.69, 9.17) is 0 Å². The van der Waals surface area contributed by atoms with Gasteiger partial charge in [0.1, 0.15) is 0 Å². The van der Waals surface area contributed by atoms with E-state index >= 15 is 0 Å². The molecule has 2 heteroatoms. The fourth-order valence-corrected chi connectivity index (χ4v) is 3.80. The van der Waals surface area contributed by atoms with Crippen molar-refractivity contribution in [3.63, 3.8) is 0 Å². The van der Waals surface area contributed by atoms with Crippen LogP contribution in [0.1, 0.15) is 55.7 Å². The molecule has 0 spiro atoms. The van der Waals surface area contributed by atoms with E-state index in [0.29, 0.717) is 6.04 Å². The Balaban J connectivity index is 1.82. The second kappa shape index (κ2) is 6.06. The lowest BCUT2D eigenvalue weighted by atomic mass is 9.91. The summed E-state index contributed by atoms with van der Waals surface area (Å²) in [7, 11) is 2.35. The van der Waals surface area contributed by atoms with E-state index in [-0.39, 0.29) is 0 Å². The Bertz CT molecular complexity index is 409. The van der Waals surface area contributed by atoms with Crippen LogP contribution < -0.4 is 5.32 Å². The van der Waals surface area contributed by atoms with Crippen LogP contribution in [0.2, 0.25) is 0 Å². The van der Waals surface area contributed by atoms with Gasteiger partial charge in [0.15, 0.2) is 0 Å². The number of nitrogens with zero attached hydrogens (tertiary/aromatic N) is 1. The summed E-state index contributed by atoms with van der Waals surface area (Å²) < 4.78 is 0. The van der Waals surface area contributed by atoms with Crippen LogP contribution in [-0.2, 0) is 6.54 Å². The van der Waals surface area contributed by atoms with Crippen LogP contribution in [0.15, 0.2) is 24.3 Å². The highest BCUT2D eigenvalue weighted by atomic mass is 15.2. The maximum atomic E-state index is 3.56. The molecule has 0 radical (unpaired) electrons. The van der Waals surface area contributed by atoms with Crippen LogP contribution in [0.4, 0.5) is 0 Å². The van der Waals surface area contributed by atoms with Crippen LogP contribution in [0.5, 0.6) is 0 Å². The van der Waals surface area contributed by atoms with E-state index < -0.39 is 0 Å². The van der Waals surface area contributed by atoms with Crippen LogP contribution in [0.3, 0.4) is 0 Å². The molecule has 1 fully saturated rings. The summed E-state index contributed by atoms with van der Waals surface area (Å²) in [5.41, 5.74) is 3.05. The van der Waals surface area contributed by atoms with Crippen LogP contribution in [0, 0.1) is 0 Å². The van der Waals surface area contributed by atoms with Gasteiger partial charge in [0.05, 0.1) is 0 Å². The van der Waals surface area contributed by atoms with Gasteiger partial charge < -0.3 is 5.32 Å². The topological polar surface area (TPSA) is 15.3 Å². The number of hydrogen-bond acceptors (Lipinski definition) is 2. The molecule has 3 rings (SSSR count). The minimum atomic E-state index is 0.606. The smallest absolute Gasteiger partial charge is 0.0363 e. The fraction of sp³-hybridized carbons (Fsp3) is 0.647. The molecule has 1 aromatic carbocycles. The maximum Gasteiger partial charge on any atom is 0.0363 e. The first-order chi connectivity index (χ1) is 9.36. The Hall–Kier alpha value is -0.860. The Morgan fingerprint density at radius 2 is 1.84 bits per heavy atom. The summed E-state index contributed by atoms with van der Waals surface area (Å²) in [5.74, 6) is 0. The first-order valence-corrected chi connectivity index (χ1v) is 7.87. The van der Waals surface area contributed by atoms with E-state index in [1.807, 2.05) is 0 Å². The molecule has 1 aliphatic carbocycles. The molecule has 0 aromatic heterocycles. The van der Waals surface area contributed by atoms with Gasteiger partial charge in [-0.3, -0.25) is 4.90 Å². The van der Waals surface area contributed by atoms with Gasteiger partial charge in [-0.25, -0.2) is 0 Å². The SMILES string of the molecule is CN(C1CCCCC1)C1CCNCc2ccccc21. The highest BCUT2D eigenvalue weighted by molar-refractivity contribution is 5.31. The van der Waals surface area contributed by atoms with Gasteiger partial charge in [0.2, 0.25) is 0 Å². The zero-order valence-corrected chi connectivity index (χ0v) is 12.1. The molecule has 1 heterocycles. The number of fused-ring (bicyclic) bond motifs is 1. The number of benzene rings is 1. The molecule has 0 amide bonds. The van der Waals surface area contributed by atoms with Crippen LogP contribution in [-0.4, -0.2) is 24.5 Å². The molecule has 1 atom stereocenters. The Kier molecular flexibility index (Phi) is 4.19. The summed E-state index contributed by atoms with van der Waals surface area (Å²) in [6.45, 7) is 2.17. The van der Waals surface area contributed by atoms with Gasteiger partial charge in [0.25, 0.3) is 0 Å². The molecular weight excluding hydrogens is 232 g/mol. The van der Waals surface area contributed by atoms with Crippen molar-refractivity contribution >= 4 is 0 Å². The zero-order chi connectivity index (χ0) is 13.1. The maximum absolute atomic E-state index is 3.56. The van der Waals surface area contributed by atoms with Crippen molar-refractivity contribution < 1.29 is 0 Å². The Morgan fingerprint density at radius 1 is 1.05 bits per heavy atom. The molecule has 1 aromatic rings. The van der Waals surface area contributed by atoms with Gasteiger partial charge in [0, 0.05) is 18.6 Å². The van der Waals surface area contributed by atoms with Gasteiger partial charge in [-0.2, -0.15) is 0 Å². The van der Waals surface area contributed by atoms with E-state index in [1.165, 1.54) is 44.1 Å². The Morgan fingerprint density at radius 3 is 2.68 bits per heavy atom. The first kappa shape index (κ1) is 13.1. The minimum absolute atomic E-state index is 0.606. The molecular formula is C17H26N2. The van der Waals surface area contributed by atoms with Gasteiger partial charge in [-0.15, -0.1) is 0 Å². The molecule has 2 nitrogen and oxygen atoms in total. The van der Waals surface area contributed by atoms with Gasteiger partial charge >= 0.3 is 0 Å². The third kappa shape index (κ3) is 2.85. The van der Waals surface area contributed by atoms with Crippen molar-refractivity contribution in [3.05, 3.63) is 35.4 Å². The standard InChI is InChI=1S/C17H26N2/c1-19(15-8-3-2-4-9-15)17-11-12-18-13-14-7-5-6-10-16(14)17/h5-7,10,15,17-18H,2-4,8-9,11-13H2,1H3. The predicted octanol–water partition coefficient (Wildman–Crippen LogP) is 3.49. The van der Waals surface area contributed by atoms with E-state index in [2.05, 4.69) is 41.5 Å². The zero-order valence-electron chi connectivity index (χ0n) is 12.1. The molecule has 0 saturated heterocycles. The summed E-state index contributed by atoms with van der Waals surface area (Å²) in [6.07, 6.45) is 8.30. The van der Waals surface area contributed by atoms with Crippen LogP contribution in [0.25, 0.3) is 0 Å². The van der Waals surface area contributed by atoms with E-state index in [0.717, 1.165) is 19.1 Å². The summed E-state index contributed by atoms with van der Waals surface area (Å²) in [4.78, 5) is 2.67. The first-order valence-electron chi connectivity index (χ1n) is 7.87. The van der Waals surface area contributed by atoms with Crippen molar-refractivity contribution in [3.8, 4) is 0 Å². The number of hydrogen-bond donors (Lipinski definition) is 1. The second-order valence-electron chi connectivity index (χ2n) is 6.14. The molecule has 104 valence electrons. The average molecular weight is 258 g/mol. The normalized spacial score (nSPS) is 25.1. The van der Waals surface area contributed by atoms with Gasteiger partial charge in [-0.1, -0.05) is 43.5 Å². The molecule has 1 saturated carbocycles. The summed E-state index contributed by atoms with van der Waals surface area (Å²) in [5, 5.41) is 3.56.